The van der Waals surface area contributed by atoms with Crippen LogP contribution in [0.3, 0.4) is 0 Å². The Labute approximate surface area is 110 Å². The minimum atomic E-state index is -0.281. The summed E-state index contributed by atoms with van der Waals surface area (Å²) in [6.45, 7) is 0.399. The van der Waals surface area contributed by atoms with Crippen LogP contribution in [0, 0.1) is 0 Å². The van der Waals surface area contributed by atoms with Crippen molar-refractivity contribution in [1.29, 1.82) is 0 Å². The lowest BCUT2D eigenvalue weighted by Crippen LogP contribution is -2.38. The number of hydrogen-bond donors (Lipinski definition) is 3. The number of benzene rings is 1. The minimum absolute atomic E-state index is 0.00172. The molecular formula is C12H14ClN3O2. The molecular weight excluding hydrogens is 254 g/mol. The summed E-state index contributed by atoms with van der Waals surface area (Å²) in [6, 6.07) is 4.75. The summed E-state index contributed by atoms with van der Waals surface area (Å²) in [5.41, 5.74) is 6.44. The SMILES string of the molecule is Nc1ccc(Cl)cc1C(=O)NCC1CCC(=O)N1. The third-order valence-electron chi connectivity index (χ3n) is 2.85. The second-order valence-corrected chi connectivity index (χ2v) is 4.68. The maximum Gasteiger partial charge on any atom is 0.253 e. The lowest BCUT2D eigenvalue weighted by atomic mass is 10.1. The van der Waals surface area contributed by atoms with Crippen molar-refractivity contribution in [3.63, 3.8) is 0 Å². The predicted molar refractivity (Wildman–Crippen MR) is 69.4 cm³/mol. The smallest absolute Gasteiger partial charge is 0.253 e. The number of anilines is 1. The Hall–Kier alpha value is -1.75. The van der Waals surface area contributed by atoms with E-state index in [2.05, 4.69) is 10.6 Å². The van der Waals surface area contributed by atoms with Gasteiger partial charge < -0.3 is 16.4 Å². The summed E-state index contributed by atoms with van der Waals surface area (Å²) in [4.78, 5) is 22.9. The summed E-state index contributed by atoms with van der Waals surface area (Å²) in [6.07, 6.45) is 1.25. The largest absolute Gasteiger partial charge is 0.398 e. The highest BCUT2D eigenvalue weighted by atomic mass is 35.5. The normalized spacial score (nSPS) is 18.5. The summed E-state index contributed by atoms with van der Waals surface area (Å²) in [7, 11) is 0. The van der Waals surface area contributed by atoms with E-state index in [9.17, 15) is 9.59 Å². The van der Waals surface area contributed by atoms with Crippen molar-refractivity contribution in [2.45, 2.75) is 18.9 Å². The first-order valence-electron chi connectivity index (χ1n) is 5.69. The first-order valence-corrected chi connectivity index (χ1v) is 6.06. The predicted octanol–water partition coefficient (Wildman–Crippen LogP) is 0.931. The second-order valence-electron chi connectivity index (χ2n) is 4.24. The van der Waals surface area contributed by atoms with E-state index in [1.54, 1.807) is 12.1 Å². The molecule has 1 aromatic rings. The van der Waals surface area contributed by atoms with Gasteiger partial charge in [-0.1, -0.05) is 11.6 Å². The molecule has 1 atom stereocenters. The van der Waals surface area contributed by atoms with E-state index in [0.29, 0.717) is 29.2 Å². The van der Waals surface area contributed by atoms with Crippen molar-refractivity contribution in [2.75, 3.05) is 12.3 Å². The molecule has 1 aliphatic rings. The van der Waals surface area contributed by atoms with Gasteiger partial charge in [0.15, 0.2) is 0 Å². The van der Waals surface area contributed by atoms with Crippen molar-refractivity contribution in [3.05, 3.63) is 28.8 Å². The van der Waals surface area contributed by atoms with E-state index in [-0.39, 0.29) is 17.9 Å². The van der Waals surface area contributed by atoms with Crippen LogP contribution >= 0.6 is 11.6 Å². The summed E-state index contributed by atoms with van der Waals surface area (Å²) < 4.78 is 0. The lowest BCUT2D eigenvalue weighted by molar-refractivity contribution is -0.119. The fourth-order valence-electron chi connectivity index (χ4n) is 1.87. The van der Waals surface area contributed by atoms with Crippen LogP contribution in [0.2, 0.25) is 5.02 Å². The van der Waals surface area contributed by atoms with Gasteiger partial charge in [-0.2, -0.15) is 0 Å². The number of halogens is 1. The van der Waals surface area contributed by atoms with Crippen LogP contribution in [-0.4, -0.2) is 24.4 Å². The standard InChI is InChI=1S/C12H14ClN3O2/c13-7-1-3-10(14)9(5-7)12(18)15-6-8-2-4-11(17)16-8/h1,3,5,8H,2,4,6,14H2,(H,15,18)(H,16,17). The van der Waals surface area contributed by atoms with Crippen molar-refractivity contribution >= 4 is 29.1 Å². The molecule has 0 bridgehead atoms. The Kier molecular flexibility index (Phi) is 3.72. The number of amides is 2. The number of nitrogens with one attached hydrogen (secondary N) is 2. The molecule has 0 saturated carbocycles. The molecule has 2 amide bonds. The number of rotatable bonds is 3. The molecule has 1 heterocycles. The van der Waals surface area contributed by atoms with Gasteiger partial charge in [0, 0.05) is 29.7 Å². The maximum atomic E-state index is 11.9. The molecule has 2 rings (SSSR count). The number of nitrogen functional groups attached to an aromatic ring is 1. The topological polar surface area (TPSA) is 84.2 Å². The Morgan fingerprint density at radius 3 is 3.00 bits per heavy atom. The molecule has 0 aliphatic carbocycles. The first-order chi connectivity index (χ1) is 8.56. The molecule has 18 heavy (non-hydrogen) atoms. The van der Waals surface area contributed by atoms with Gasteiger partial charge in [0.1, 0.15) is 0 Å². The van der Waals surface area contributed by atoms with Gasteiger partial charge in [0.05, 0.1) is 5.56 Å². The summed E-state index contributed by atoms with van der Waals surface area (Å²) in [5.74, 6) is -0.257. The van der Waals surface area contributed by atoms with Gasteiger partial charge in [-0.3, -0.25) is 9.59 Å². The number of carbonyl (C=O) groups is 2. The van der Waals surface area contributed by atoms with Gasteiger partial charge in [-0.25, -0.2) is 0 Å². The van der Waals surface area contributed by atoms with Crippen molar-refractivity contribution in [3.8, 4) is 0 Å². The molecule has 0 radical (unpaired) electrons. The van der Waals surface area contributed by atoms with Crippen LogP contribution < -0.4 is 16.4 Å². The average Bonchev–Trinajstić information content (AvgIpc) is 2.75. The van der Waals surface area contributed by atoms with Gasteiger partial charge in [-0.05, 0) is 24.6 Å². The summed E-state index contributed by atoms with van der Waals surface area (Å²) in [5, 5.41) is 5.97. The Morgan fingerprint density at radius 1 is 1.56 bits per heavy atom. The molecule has 1 saturated heterocycles. The van der Waals surface area contributed by atoms with Gasteiger partial charge in [0.2, 0.25) is 5.91 Å². The van der Waals surface area contributed by atoms with E-state index in [1.807, 2.05) is 0 Å². The molecule has 96 valence electrons. The molecule has 4 N–H and O–H groups in total. The van der Waals surface area contributed by atoms with Crippen LogP contribution in [0.4, 0.5) is 5.69 Å². The lowest BCUT2D eigenvalue weighted by Gasteiger charge is -2.12. The van der Waals surface area contributed by atoms with E-state index in [1.165, 1.54) is 6.07 Å². The highest BCUT2D eigenvalue weighted by Gasteiger charge is 2.21. The van der Waals surface area contributed by atoms with Gasteiger partial charge in [-0.15, -0.1) is 0 Å². The van der Waals surface area contributed by atoms with Crippen LogP contribution in [0.1, 0.15) is 23.2 Å². The van der Waals surface area contributed by atoms with E-state index in [0.717, 1.165) is 6.42 Å². The molecule has 0 spiro atoms. The van der Waals surface area contributed by atoms with Crippen LogP contribution in [0.15, 0.2) is 18.2 Å². The Bertz CT molecular complexity index is 490. The van der Waals surface area contributed by atoms with Crippen molar-refractivity contribution in [2.24, 2.45) is 0 Å². The second kappa shape index (κ2) is 5.27. The van der Waals surface area contributed by atoms with Crippen LogP contribution in [0.5, 0.6) is 0 Å². The van der Waals surface area contributed by atoms with Crippen LogP contribution in [0.25, 0.3) is 0 Å². The van der Waals surface area contributed by atoms with E-state index >= 15 is 0 Å². The van der Waals surface area contributed by atoms with E-state index in [4.69, 9.17) is 17.3 Å². The van der Waals surface area contributed by atoms with Gasteiger partial charge in [0.25, 0.3) is 5.91 Å². The molecule has 1 unspecified atom stereocenters. The highest BCUT2D eigenvalue weighted by molar-refractivity contribution is 6.31. The minimum Gasteiger partial charge on any atom is -0.398 e. The maximum absolute atomic E-state index is 11.9. The number of carbonyl (C=O) groups excluding carboxylic acids is 2. The molecule has 0 aromatic heterocycles. The number of hydrogen-bond acceptors (Lipinski definition) is 3. The fourth-order valence-corrected chi connectivity index (χ4v) is 2.04. The third kappa shape index (κ3) is 2.92. The first kappa shape index (κ1) is 12.7. The molecule has 1 aromatic carbocycles. The Morgan fingerprint density at radius 2 is 2.33 bits per heavy atom. The Balaban J connectivity index is 1.95. The highest BCUT2D eigenvalue weighted by Crippen LogP contribution is 2.17. The van der Waals surface area contributed by atoms with E-state index < -0.39 is 0 Å². The quantitative estimate of drug-likeness (QED) is 0.713. The molecule has 1 aliphatic heterocycles. The molecule has 6 heteroatoms. The fraction of sp³-hybridized carbons (Fsp3) is 0.333. The monoisotopic (exact) mass is 267 g/mol. The number of nitrogens with two attached hydrogens (primary N) is 1. The zero-order valence-electron chi connectivity index (χ0n) is 9.70. The third-order valence-corrected chi connectivity index (χ3v) is 3.09. The van der Waals surface area contributed by atoms with Crippen LogP contribution in [-0.2, 0) is 4.79 Å². The molecule has 1 fully saturated rings. The average molecular weight is 268 g/mol. The van der Waals surface area contributed by atoms with Gasteiger partial charge >= 0.3 is 0 Å². The zero-order valence-corrected chi connectivity index (χ0v) is 10.5. The van der Waals surface area contributed by atoms with Crippen molar-refractivity contribution in [1.82, 2.24) is 10.6 Å². The molecule has 5 nitrogen and oxygen atoms in total. The van der Waals surface area contributed by atoms with Crippen molar-refractivity contribution < 1.29 is 9.59 Å². The summed E-state index contributed by atoms with van der Waals surface area (Å²) >= 11 is 5.81. The zero-order chi connectivity index (χ0) is 13.1.